The molecule has 0 bridgehead atoms. The summed E-state index contributed by atoms with van der Waals surface area (Å²) >= 11 is 3.16. The van der Waals surface area contributed by atoms with Gasteiger partial charge in [0.1, 0.15) is 22.8 Å². The first-order chi connectivity index (χ1) is 16.6. The summed E-state index contributed by atoms with van der Waals surface area (Å²) in [7, 11) is 0. The van der Waals surface area contributed by atoms with Crippen LogP contribution in [-0.4, -0.2) is 58.7 Å². The SMILES string of the molecule is CC(C)(C)OC(=O)N1CCC[C@H]1C(=O)OCC(=O)c1ccc2c(c1)oc1cc(C(=O)CBr)ccc12. The van der Waals surface area contributed by atoms with Crippen molar-refractivity contribution in [3.05, 3.63) is 47.5 Å². The molecule has 8 nitrogen and oxygen atoms in total. The number of alkyl halides is 1. The number of benzene rings is 2. The van der Waals surface area contributed by atoms with Gasteiger partial charge in [0.05, 0.1) is 5.33 Å². The highest BCUT2D eigenvalue weighted by molar-refractivity contribution is 9.09. The quantitative estimate of drug-likeness (QED) is 0.236. The summed E-state index contributed by atoms with van der Waals surface area (Å²) in [4.78, 5) is 51.1. The molecule has 0 radical (unpaired) electrons. The highest BCUT2D eigenvalue weighted by Crippen LogP contribution is 2.30. The number of furan rings is 1. The molecule has 0 aliphatic carbocycles. The Hall–Kier alpha value is -3.20. The van der Waals surface area contributed by atoms with E-state index in [9.17, 15) is 19.2 Å². The molecule has 2 heterocycles. The van der Waals surface area contributed by atoms with E-state index in [2.05, 4.69) is 15.9 Å². The summed E-state index contributed by atoms with van der Waals surface area (Å²) in [5.41, 5.74) is 1.23. The molecule has 0 unspecified atom stereocenters. The van der Waals surface area contributed by atoms with Crippen LogP contribution < -0.4 is 0 Å². The van der Waals surface area contributed by atoms with Crippen LogP contribution in [0.3, 0.4) is 0 Å². The van der Waals surface area contributed by atoms with E-state index in [1.54, 1.807) is 51.1 Å². The molecule has 0 spiro atoms. The Kier molecular flexibility index (Phi) is 6.98. The number of carbonyl (C=O) groups excluding carboxylic acids is 4. The Morgan fingerprint density at radius 2 is 1.60 bits per heavy atom. The highest BCUT2D eigenvalue weighted by Gasteiger charge is 2.37. The highest BCUT2D eigenvalue weighted by atomic mass is 79.9. The van der Waals surface area contributed by atoms with E-state index in [-0.39, 0.29) is 11.1 Å². The molecule has 0 N–H and O–H groups in total. The zero-order chi connectivity index (χ0) is 25.3. The average molecular weight is 544 g/mol. The van der Waals surface area contributed by atoms with E-state index in [0.717, 1.165) is 10.8 Å². The molecule has 3 aromatic rings. The van der Waals surface area contributed by atoms with Crippen molar-refractivity contribution in [2.45, 2.75) is 45.3 Å². The molecule has 1 amide bonds. The van der Waals surface area contributed by atoms with Crippen molar-refractivity contribution in [1.82, 2.24) is 4.90 Å². The van der Waals surface area contributed by atoms with Crippen LogP contribution in [0.25, 0.3) is 21.9 Å². The van der Waals surface area contributed by atoms with Crippen molar-refractivity contribution in [2.24, 2.45) is 0 Å². The Bertz CT molecular complexity index is 1320. The predicted molar refractivity (Wildman–Crippen MR) is 133 cm³/mol. The molecule has 35 heavy (non-hydrogen) atoms. The number of ketones is 2. The summed E-state index contributed by atoms with van der Waals surface area (Å²) in [6, 6.07) is 9.48. The molecule has 1 aromatic heterocycles. The first-order valence-electron chi connectivity index (χ1n) is 11.3. The third kappa shape index (κ3) is 5.40. The Morgan fingerprint density at radius 3 is 2.17 bits per heavy atom. The van der Waals surface area contributed by atoms with Gasteiger partial charge in [0.2, 0.25) is 0 Å². The molecule has 1 aliphatic rings. The summed E-state index contributed by atoms with van der Waals surface area (Å²) in [6.07, 6.45) is 0.537. The molecule has 9 heteroatoms. The number of Topliss-reactive ketones (excluding diaryl/α,β-unsaturated/α-hetero) is 2. The van der Waals surface area contributed by atoms with E-state index in [0.29, 0.717) is 41.7 Å². The number of amides is 1. The van der Waals surface area contributed by atoms with Crippen molar-refractivity contribution in [3.8, 4) is 0 Å². The molecule has 184 valence electrons. The largest absolute Gasteiger partial charge is 0.456 e. The van der Waals surface area contributed by atoms with E-state index >= 15 is 0 Å². The lowest BCUT2D eigenvalue weighted by Gasteiger charge is -2.27. The van der Waals surface area contributed by atoms with Gasteiger partial charge in [-0.25, -0.2) is 9.59 Å². The van der Waals surface area contributed by atoms with E-state index < -0.39 is 36.1 Å². The zero-order valence-corrected chi connectivity index (χ0v) is 21.3. The van der Waals surface area contributed by atoms with E-state index in [4.69, 9.17) is 13.9 Å². The molecule has 0 saturated carbocycles. The lowest BCUT2D eigenvalue weighted by molar-refractivity contribution is -0.147. The van der Waals surface area contributed by atoms with Crippen LogP contribution in [0.5, 0.6) is 0 Å². The monoisotopic (exact) mass is 543 g/mol. The Morgan fingerprint density at radius 1 is 1.00 bits per heavy atom. The minimum Gasteiger partial charge on any atom is -0.456 e. The Balaban J connectivity index is 1.44. The van der Waals surface area contributed by atoms with Crippen LogP contribution in [0.4, 0.5) is 4.79 Å². The number of hydrogen-bond donors (Lipinski definition) is 0. The van der Waals surface area contributed by atoms with Crippen LogP contribution in [0, 0.1) is 0 Å². The fourth-order valence-electron chi connectivity index (χ4n) is 4.07. The number of fused-ring (bicyclic) bond motifs is 3. The van der Waals surface area contributed by atoms with Crippen LogP contribution in [0.2, 0.25) is 0 Å². The third-order valence-corrected chi connectivity index (χ3v) is 6.25. The number of nitrogens with zero attached hydrogens (tertiary/aromatic N) is 1. The number of rotatable bonds is 6. The van der Waals surface area contributed by atoms with Gasteiger partial charge in [-0.15, -0.1) is 0 Å². The first kappa shape index (κ1) is 24.9. The molecule has 2 aromatic carbocycles. The second-order valence-corrected chi connectivity index (χ2v) is 10.0. The van der Waals surface area contributed by atoms with E-state index in [1.165, 1.54) is 4.90 Å². The van der Waals surface area contributed by atoms with Crippen molar-refractivity contribution in [1.29, 1.82) is 0 Å². The number of halogens is 1. The van der Waals surface area contributed by atoms with Crippen LogP contribution in [0.1, 0.15) is 54.3 Å². The van der Waals surface area contributed by atoms with Gasteiger partial charge in [0, 0.05) is 28.4 Å². The van der Waals surface area contributed by atoms with Crippen LogP contribution in [-0.2, 0) is 14.3 Å². The summed E-state index contributed by atoms with van der Waals surface area (Å²) in [6.45, 7) is 5.22. The number of carbonyl (C=O) groups is 4. The first-order valence-corrected chi connectivity index (χ1v) is 12.4. The van der Waals surface area contributed by atoms with Gasteiger partial charge in [-0.2, -0.15) is 0 Å². The van der Waals surface area contributed by atoms with Gasteiger partial charge in [0.15, 0.2) is 18.2 Å². The second-order valence-electron chi connectivity index (χ2n) is 9.44. The number of likely N-dealkylation sites (tertiary alicyclic amines) is 1. The van der Waals surface area contributed by atoms with E-state index in [1.807, 2.05) is 6.07 Å². The van der Waals surface area contributed by atoms with Crippen molar-refractivity contribution in [2.75, 3.05) is 18.5 Å². The normalized spacial score (nSPS) is 16.0. The molecular formula is C26H26BrNO7. The minimum atomic E-state index is -0.771. The number of esters is 1. The standard InChI is InChI=1S/C26H26BrNO7/c1-26(2,3)35-25(32)28-10-4-5-19(28)24(31)33-14-21(30)16-7-9-18-17-8-6-15(20(29)13-27)11-22(17)34-23(18)12-16/h6-9,11-12,19H,4-5,10,13-14H2,1-3H3/t19-/m0/s1. The number of ether oxygens (including phenoxy) is 2. The topological polar surface area (TPSA) is 103 Å². The van der Waals surface area contributed by atoms with Gasteiger partial charge >= 0.3 is 12.1 Å². The van der Waals surface area contributed by atoms with Crippen molar-refractivity contribution >= 4 is 61.5 Å². The maximum atomic E-state index is 12.7. The lowest BCUT2D eigenvalue weighted by Crippen LogP contribution is -2.44. The molecule has 1 fully saturated rings. The van der Waals surface area contributed by atoms with Gasteiger partial charge < -0.3 is 13.9 Å². The molecular weight excluding hydrogens is 518 g/mol. The van der Waals surface area contributed by atoms with Crippen molar-refractivity contribution < 1.29 is 33.1 Å². The van der Waals surface area contributed by atoms with Crippen LogP contribution in [0.15, 0.2) is 40.8 Å². The Labute approximate surface area is 210 Å². The smallest absolute Gasteiger partial charge is 0.411 e. The van der Waals surface area contributed by atoms with Gasteiger partial charge in [-0.3, -0.25) is 14.5 Å². The molecule has 1 saturated heterocycles. The van der Waals surface area contributed by atoms with Gasteiger partial charge in [-0.05, 0) is 57.9 Å². The number of hydrogen-bond acceptors (Lipinski definition) is 7. The fourth-order valence-corrected chi connectivity index (χ4v) is 4.39. The lowest BCUT2D eigenvalue weighted by atomic mass is 10.1. The fraction of sp³-hybridized carbons (Fsp3) is 0.385. The van der Waals surface area contributed by atoms with Gasteiger partial charge in [-0.1, -0.05) is 28.1 Å². The van der Waals surface area contributed by atoms with Crippen LogP contribution >= 0.6 is 15.9 Å². The second kappa shape index (κ2) is 9.81. The molecule has 4 rings (SSSR count). The maximum absolute atomic E-state index is 12.7. The molecule has 1 atom stereocenters. The zero-order valence-electron chi connectivity index (χ0n) is 19.8. The molecule has 1 aliphatic heterocycles. The third-order valence-electron chi connectivity index (χ3n) is 5.74. The minimum absolute atomic E-state index is 0.0578. The summed E-state index contributed by atoms with van der Waals surface area (Å²) < 4.78 is 16.5. The van der Waals surface area contributed by atoms with Gasteiger partial charge in [0.25, 0.3) is 0 Å². The van der Waals surface area contributed by atoms with Crippen molar-refractivity contribution in [3.63, 3.8) is 0 Å². The maximum Gasteiger partial charge on any atom is 0.411 e. The summed E-state index contributed by atoms with van der Waals surface area (Å²) in [5.74, 6) is -1.08. The summed E-state index contributed by atoms with van der Waals surface area (Å²) in [5, 5.41) is 1.86. The average Bonchev–Trinajstić information content (AvgIpc) is 3.44. The predicted octanol–water partition coefficient (Wildman–Crippen LogP) is 5.29.